The Kier molecular flexibility index (Phi) is 6.11. The van der Waals surface area contributed by atoms with Crippen LogP contribution in [0.25, 0.3) is 0 Å². The largest absolute Gasteiger partial charge is 0.345 e. The first-order valence-corrected chi connectivity index (χ1v) is 8.98. The minimum Gasteiger partial charge on any atom is -0.345 e. The Morgan fingerprint density at radius 2 is 1.86 bits per heavy atom. The lowest BCUT2D eigenvalue weighted by molar-refractivity contribution is -0.125. The summed E-state index contributed by atoms with van der Waals surface area (Å²) < 4.78 is 22.5. The zero-order valence-electron chi connectivity index (χ0n) is 13.3. The third kappa shape index (κ3) is 5.85. The molecule has 7 heteroatoms. The molecule has 1 aromatic rings. The zero-order chi connectivity index (χ0) is 16.9. The molecule has 2 amide bonds. The van der Waals surface area contributed by atoms with Gasteiger partial charge in [-0.05, 0) is 37.5 Å². The predicted octanol–water partition coefficient (Wildman–Crippen LogP) is 1.18. The van der Waals surface area contributed by atoms with Crippen molar-refractivity contribution in [3.8, 4) is 0 Å². The molecule has 0 saturated carbocycles. The fourth-order valence-corrected chi connectivity index (χ4v) is 2.62. The number of carbonyl (C=O) groups is 2. The third-order valence-corrected chi connectivity index (χ3v) is 4.31. The quantitative estimate of drug-likeness (QED) is 0.821. The smallest absolute Gasteiger partial charge is 0.246 e. The van der Waals surface area contributed by atoms with Crippen molar-refractivity contribution in [1.29, 1.82) is 0 Å². The average molecular weight is 326 g/mol. The van der Waals surface area contributed by atoms with Gasteiger partial charge >= 0.3 is 0 Å². The lowest BCUT2D eigenvalue weighted by Gasteiger charge is -2.18. The van der Waals surface area contributed by atoms with Gasteiger partial charge < -0.3 is 10.6 Å². The summed E-state index contributed by atoms with van der Waals surface area (Å²) in [5, 5.41) is 5.24. The molecule has 0 aliphatic heterocycles. The van der Waals surface area contributed by atoms with E-state index in [4.69, 9.17) is 0 Å². The molecule has 6 nitrogen and oxygen atoms in total. The summed E-state index contributed by atoms with van der Waals surface area (Å²) in [7, 11) is -3.21. The summed E-state index contributed by atoms with van der Waals surface area (Å²) >= 11 is 0. The summed E-state index contributed by atoms with van der Waals surface area (Å²) in [6.45, 7) is 5.10. The van der Waals surface area contributed by atoms with E-state index in [1.807, 2.05) is 26.0 Å². The summed E-state index contributed by atoms with van der Waals surface area (Å²) in [5.74, 6) is -0.972. The van der Waals surface area contributed by atoms with Crippen molar-refractivity contribution in [2.24, 2.45) is 0 Å². The van der Waals surface area contributed by atoms with Crippen LogP contribution in [0.15, 0.2) is 18.2 Å². The van der Waals surface area contributed by atoms with Crippen LogP contribution in [-0.4, -0.2) is 38.3 Å². The molecule has 0 aromatic heterocycles. The van der Waals surface area contributed by atoms with E-state index in [-0.39, 0.29) is 18.1 Å². The number of anilines is 1. The Bertz CT molecular complexity index is 668. The topological polar surface area (TPSA) is 92.3 Å². The van der Waals surface area contributed by atoms with E-state index < -0.39 is 21.8 Å². The van der Waals surface area contributed by atoms with Crippen LogP contribution in [-0.2, 0) is 19.4 Å². The van der Waals surface area contributed by atoms with E-state index >= 15 is 0 Å². The van der Waals surface area contributed by atoms with Crippen molar-refractivity contribution >= 4 is 27.3 Å². The molecular weight excluding hydrogens is 304 g/mol. The maximum Gasteiger partial charge on any atom is 0.246 e. The number of hydrogen-bond donors (Lipinski definition) is 2. The van der Waals surface area contributed by atoms with Crippen molar-refractivity contribution < 1.29 is 18.0 Å². The Morgan fingerprint density at radius 1 is 1.23 bits per heavy atom. The number of carbonyl (C=O) groups excluding carboxylic acids is 2. The molecule has 0 bridgehead atoms. The molecule has 1 aromatic carbocycles. The van der Waals surface area contributed by atoms with Crippen molar-refractivity contribution in [3.05, 3.63) is 29.3 Å². The molecular formula is C15H22N2O4S. The summed E-state index contributed by atoms with van der Waals surface area (Å²) in [4.78, 5) is 23.5. The molecule has 0 fully saturated rings. The van der Waals surface area contributed by atoms with Gasteiger partial charge in [0.1, 0.15) is 15.9 Å². The van der Waals surface area contributed by atoms with Gasteiger partial charge in [-0.3, -0.25) is 9.59 Å². The van der Waals surface area contributed by atoms with Crippen LogP contribution in [0.3, 0.4) is 0 Å². The lowest BCUT2D eigenvalue weighted by atomic mass is 10.1. The third-order valence-electron chi connectivity index (χ3n) is 3.33. The number of hydrogen-bond acceptors (Lipinski definition) is 4. The van der Waals surface area contributed by atoms with Gasteiger partial charge in [0.2, 0.25) is 11.8 Å². The Labute approximate surface area is 131 Å². The molecule has 0 aliphatic carbocycles. The van der Waals surface area contributed by atoms with Gasteiger partial charge in [-0.15, -0.1) is 0 Å². The first kappa shape index (κ1) is 18.2. The van der Waals surface area contributed by atoms with Gasteiger partial charge in [0.15, 0.2) is 0 Å². The van der Waals surface area contributed by atoms with Crippen LogP contribution in [0.4, 0.5) is 5.69 Å². The normalized spacial score (nSPS) is 12.5. The number of rotatable bonds is 6. The first-order chi connectivity index (χ1) is 10.1. The molecule has 122 valence electrons. The molecule has 1 atom stereocenters. The van der Waals surface area contributed by atoms with Crippen LogP contribution in [0.1, 0.15) is 24.5 Å². The second-order valence-electron chi connectivity index (χ2n) is 5.41. The van der Waals surface area contributed by atoms with Crippen LogP contribution >= 0.6 is 0 Å². The first-order valence-electron chi connectivity index (χ1n) is 6.92. The van der Waals surface area contributed by atoms with Gasteiger partial charge in [-0.25, -0.2) is 8.42 Å². The molecule has 0 spiro atoms. The van der Waals surface area contributed by atoms with Crippen molar-refractivity contribution in [2.45, 2.75) is 33.2 Å². The highest BCUT2D eigenvalue weighted by Gasteiger charge is 2.21. The summed E-state index contributed by atoms with van der Waals surface area (Å²) in [6.07, 6.45) is 1.13. The number of benzene rings is 1. The highest BCUT2D eigenvalue weighted by Crippen LogP contribution is 2.18. The summed E-state index contributed by atoms with van der Waals surface area (Å²) in [5.41, 5.74) is 2.62. The van der Waals surface area contributed by atoms with E-state index in [1.54, 1.807) is 6.07 Å². The molecule has 22 heavy (non-hydrogen) atoms. The van der Waals surface area contributed by atoms with Gasteiger partial charge in [-0.2, -0.15) is 0 Å². The van der Waals surface area contributed by atoms with Gasteiger partial charge in [-0.1, -0.05) is 12.1 Å². The fourth-order valence-electron chi connectivity index (χ4n) is 1.95. The lowest BCUT2D eigenvalue weighted by Crippen LogP contribution is -2.44. The molecule has 0 heterocycles. The maximum absolute atomic E-state index is 12.3. The van der Waals surface area contributed by atoms with E-state index in [0.29, 0.717) is 5.69 Å². The van der Waals surface area contributed by atoms with E-state index in [0.717, 1.165) is 17.4 Å². The van der Waals surface area contributed by atoms with Crippen molar-refractivity contribution in [3.63, 3.8) is 0 Å². The standard InChI is InChI=1S/C15H22N2O4S/c1-10-6-5-7-13(11(10)2)17-15(19)14(16-12(3)18)8-9-22(4,20)21/h5-7,14H,8-9H2,1-4H3,(H,16,18)(H,17,19)/t14-/m1/s1. The van der Waals surface area contributed by atoms with Crippen LogP contribution in [0, 0.1) is 13.8 Å². The Hall–Kier alpha value is -1.89. The number of aryl methyl sites for hydroxylation is 1. The molecule has 0 aliphatic rings. The van der Waals surface area contributed by atoms with E-state index in [1.165, 1.54) is 6.92 Å². The van der Waals surface area contributed by atoms with Crippen LogP contribution < -0.4 is 10.6 Å². The van der Waals surface area contributed by atoms with Gasteiger partial charge in [0.25, 0.3) is 0 Å². The molecule has 0 unspecified atom stereocenters. The zero-order valence-corrected chi connectivity index (χ0v) is 14.1. The van der Waals surface area contributed by atoms with E-state index in [9.17, 15) is 18.0 Å². The Balaban J connectivity index is 2.87. The van der Waals surface area contributed by atoms with Gasteiger partial charge in [0.05, 0.1) is 5.75 Å². The van der Waals surface area contributed by atoms with Crippen molar-refractivity contribution in [2.75, 3.05) is 17.3 Å². The second-order valence-corrected chi connectivity index (χ2v) is 7.67. The van der Waals surface area contributed by atoms with Crippen LogP contribution in [0.2, 0.25) is 0 Å². The average Bonchev–Trinajstić information content (AvgIpc) is 2.38. The van der Waals surface area contributed by atoms with E-state index in [2.05, 4.69) is 10.6 Å². The molecule has 1 rings (SSSR count). The molecule has 2 N–H and O–H groups in total. The monoisotopic (exact) mass is 326 g/mol. The second kappa shape index (κ2) is 7.40. The highest BCUT2D eigenvalue weighted by molar-refractivity contribution is 7.90. The fraction of sp³-hybridized carbons (Fsp3) is 0.467. The minimum atomic E-state index is -3.21. The van der Waals surface area contributed by atoms with Crippen LogP contribution in [0.5, 0.6) is 0 Å². The number of nitrogens with one attached hydrogen (secondary N) is 2. The number of amides is 2. The predicted molar refractivity (Wildman–Crippen MR) is 86.5 cm³/mol. The molecule has 0 saturated heterocycles. The summed E-state index contributed by atoms with van der Waals surface area (Å²) in [6, 6.07) is 4.64. The number of sulfone groups is 1. The molecule has 0 radical (unpaired) electrons. The van der Waals surface area contributed by atoms with Crippen molar-refractivity contribution in [1.82, 2.24) is 5.32 Å². The highest BCUT2D eigenvalue weighted by atomic mass is 32.2. The SMILES string of the molecule is CC(=O)N[C@H](CCS(C)(=O)=O)C(=O)Nc1cccc(C)c1C. The maximum atomic E-state index is 12.3. The van der Waals surface area contributed by atoms with Gasteiger partial charge in [0, 0.05) is 18.9 Å². The minimum absolute atomic E-state index is 0.0368. The Morgan fingerprint density at radius 3 is 2.41 bits per heavy atom.